The highest BCUT2D eigenvalue weighted by Gasteiger charge is 2.49. The first-order valence-corrected chi connectivity index (χ1v) is 50.8. The number of amides is 16. The minimum absolute atomic E-state index is 0.113. The number of imide groups is 2. The van der Waals surface area contributed by atoms with Gasteiger partial charge in [-0.15, -0.1) is 0 Å². The first-order chi connectivity index (χ1) is 65.4. The Morgan fingerprint density at radius 1 is 0.377 bits per heavy atom. The van der Waals surface area contributed by atoms with Crippen LogP contribution in [0.2, 0.25) is 0 Å². The van der Waals surface area contributed by atoms with Crippen LogP contribution in [0.3, 0.4) is 0 Å². The standard InChI is InChI=1S/C100H114N16O18P2S2/c1-57(84(101)118)110-95(129)99(10,11)113-90(124)63(7)107-87(121)60(4)109-92(126)83(55-136(138,69-38-22-16-23-39-69)70-40-24-17-25-41-70)116(98(132)134-53-80-77-48-32-28-44-73(77)74-45-29-33-49-78(74)80)94(128)81(50-66-51-102-56-103-66)112-88(122)61(5)105-86(120)59(3)108-91(125)82(54-135(137,67-34-18-14-19-35-67)68-36-20-15-21-37-68)115(97(131)133-52-79-75-46-30-26-42-71(75)72-43-27-31-47-76(72)79)93(127)64(8)111-96(130)100(12,13)114-89(123)62(6)106-85(119)58(2)104-65(9)117/h14-49,51,56-64,79-83H,50,52-55H2,1-13H3,(H2,101,118)(H,102,103)(H,104,117)(H,105,120)(H,106,119)(H,107,121)(H,108,125)(H,109,126)(H,110,129)(H,111,130)(H,112,122)(H,113,124)(H,114,123)/t57-,58-,59-,60-,61-,62-,63-,64-,81-,82+,83-/m0/s1. The van der Waals surface area contributed by atoms with Crippen LogP contribution in [0.4, 0.5) is 9.59 Å². The Balaban J connectivity index is 0.936. The minimum atomic E-state index is -3.54. The predicted molar refractivity (Wildman–Crippen MR) is 528 cm³/mol. The van der Waals surface area contributed by atoms with Gasteiger partial charge in [-0.05, 0) is 149 Å². The molecule has 9 aromatic rings. The Kier molecular flexibility index (Phi) is 34.5. The van der Waals surface area contributed by atoms with Crippen LogP contribution in [0.5, 0.6) is 0 Å². The number of aromatic amines is 1. The predicted octanol–water partition coefficient (Wildman–Crippen LogP) is 5.32. The molecule has 724 valence electrons. The Labute approximate surface area is 809 Å². The molecular formula is C100H114N16O18P2S2. The number of primary amides is 1. The third-order valence-electron chi connectivity index (χ3n) is 24.0. The largest absolute Gasteiger partial charge is 0.448 e. The zero-order chi connectivity index (χ0) is 100. The molecule has 2 aliphatic carbocycles. The molecule has 1 heterocycles. The minimum Gasteiger partial charge on any atom is -0.448 e. The van der Waals surface area contributed by atoms with Gasteiger partial charge in [0.1, 0.15) is 90.8 Å². The number of H-pyrrole nitrogens is 1. The zero-order valence-corrected chi connectivity index (χ0v) is 81.9. The van der Waals surface area contributed by atoms with Gasteiger partial charge in [0.05, 0.1) is 12.0 Å². The maximum absolute atomic E-state index is 16.7. The molecular weight excluding hydrogens is 1840 g/mol. The Hall–Kier alpha value is -14.2. The van der Waals surface area contributed by atoms with E-state index in [2.05, 4.69) is 68.5 Å². The van der Waals surface area contributed by atoms with E-state index in [9.17, 15) is 38.4 Å². The van der Waals surface area contributed by atoms with Crippen LogP contribution in [0.1, 0.15) is 130 Å². The second kappa shape index (κ2) is 45.6. The molecule has 11 atom stereocenters. The lowest BCUT2D eigenvalue weighted by molar-refractivity contribution is -0.142. The fraction of sp³-hybridized carbons (Fsp3) is 0.330. The fourth-order valence-electron chi connectivity index (χ4n) is 16.2. The van der Waals surface area contributed by atoms with Crippen molar-refractivity contribution in [1.29, 1.82) is 0 Å². The number of fused-ring (bicyclic) bond motifs is 6. The number of hydrogen-bond donors (Lipinski definition) is 13. The van der Waals surface area contributed by atoms with E-state index in [4.69, 9.17) is 38.8 Å². The molecule has 34 nitrogen and oxygen atoms in total. The van der Waals surface area contributed by atoms with Gasteiger partial charge in [-0.3, -0.25) is 67.1 Å². The van der Waals surface area contributed by atoms with Crippen molar-refractivity contribution in [1.82, 2.24) is 78.3 Å². The van der Waals surface area contributed by atoms with Gasteiger partial charge in [0, 0.05) is 55.8 Å². The molecule has 0 saturated heterocycles. The maximum atomic E-state index is 16.7. The maximum Gasteiger partial charge on any atom is 0.417 e. The van der Waals surface area contributed by atoms with Crippen LogP contribution in [0, 0.1) is 0 Å². The van der Waals surface area contributed by atoms with Gasteiger partial charge in [-0.25, -0.2) is 24.4 Å². The summed E-state index contributed by atoms with van der Waals surface area (Å²) < 4.78 is 12.7. The first-order valence-electron chi connectivity index (χ1n) is 44.8. The number of ether oxygens (including phenoxy) is 2. The van der Waals surface area contributed by atoms with E-state index in [0.29, 0.717) is 31.0 Å². The van der Waals surface area contributed by atoms with Crippen molar-refractivity contribution >= 4 is 152 Å². The van der Waals surface area contributed by atoms with Gasteiger partial charge >= 0.3 is 12.2 Å². The van der Waals surface area contributed by atoms with Gasteiger partial charge < -0.3 is 78.7 Å². The van der Waals surface area contributed by atoms with E-state index in [1.807, 2.05) is 97.1 Å². The summed E-state index contributed by atoms with van der Waals surface area (Å²) in [5, 5.41) is 30.2. The summed E-state index contributed by atoms with van der Waals surface area (Å²) in [6.45, 7) is 16.0. The van der Waals surface area contributed by atoms with E-state index in [-0.39, 0.29) is 5.69 Å². The Morgan fingerprint density at radius 2 is 0.667 bits per heavy atom. The SMILES string of the molecule is CC(=O)N[C@@H](C)C(=O)N[C@@H](C)C(=O)NC(C)(C)C(=O)N[C@@H](C)C(=O)N(C(=O)OCC1c2ccccc2-c2ccccc21)[C@H](CP(=S)(c1ccccc1)c1ccccc1)C(=O)N[C@@H](C)C(=O)N[C@@H](C)C(=O)N[C@@H](Cc1c[nH]cn1)C(=O)N(C(=O)OCC1c2ccccc2-c2ccccc21)[C@@H](CP(=S)(c1ccccc1)c1ccccc1)C(=O)N[C@@H](C)C(=O)N[C@@H](C)C(=O)NC(C)(C)C(=O)N[C@@H](C)C(N)=O. The van der Waals surface area contributed by atoms with Crippen molar-refractivity contribution in [3.63, 3.8) is 0 Å². The van der Waals surface area contributed by atoms with Crippen LogP contribution in [-0.2, 0) is 107 Å². The lowest BCUT2D eigenvalue weighted by Gasteiger charge is -2.36. The Morgan fingerprint density at radius 3 is 0.986 bits per heavy atom. The molecule has 0 saturated carbocycles. The zero-order valence-electron chi connectivity index (χ0n) is 78.5. The van der Waals surface area contributed by atoms with Gasteiger partial charge in [0.2, 0.25) is 70.9 Å². The summed E-state index contributed by atoms with van der Waals surface area (Å²) >= 11 is 13.6. The quantitative estimate of drug-likeness (QED) is 0.0216. The molecule has 16 amide bonds. The van der Waals surface area contributed by atoms with E-state index in [0.717, 1.165) is 44.5 Å². The van der Waals surface area contributed by atoms with Crippen molar-refractivity contribution in [2.75, 3.05) is 25.5 Å². The van der Waals surface area contributed by atoms with Crippen molar-refractivity contribution in [3.8, 4) is 22.3 Å². The van der Waals surface area contributed by atoms with Gasteiger partial charge in [0.25, 0.3) is 11.8 Å². The van der Waals surface area contributed by atoms with Crippen LogP contribution in [-0.4, -0.2) is 218 Å². The molecule has 14 N–H and O–H groups in total. The molecule has 1 aromatic heterocycles. The van der Waals surface area contributed by atoms with Crippen LogP contribution < -0.4 is 85.4 Å². The van der Waals surface area contributed by atoms with E-state index in [1.54, 1.807) is 121 Å². The number of nitrogens with two attached hydrogens (primary N) is 1. The van der Waals surface area contributed by atoms with Gasteiger partial charge in [-0.1, -0.05) is 242 Å². The third kappa shape index (κ3) is 25.0. The Bertz CT molecular complexity index is 6000. The number of benzene rings is 8. The number of rotatable bonds is 40. The van der Waals surface area contributed by atoms with E-state index < -0.39 is 228 Å². The number of carbonyl (C=O) groups excluding carboxylic acids is 16. The molecule has 0 bridgehead atoms. The van der Waals surface area contributed by atoms with Crippen molar-refractivity contribution in [2.24, 2.45) is 5.73 Å². The highest BCUT2D eigenvalue weighted by molar-refractivity contribution is 8.22. The van der Waals surface area contributed by atoms with Crippen molar-refractivity contribution in [2.45, 2.75) is 186 Å². The van der Waals surface area contributed by atoms with Crippen LogP contribution in [0.15, 0.2) is 231 Å². The summed E-state index contributed by atoms with van der Waals surface area (Å²) in [7, 11) is 0. The first kappa shape index (κ1) is 104. The molecule has 0 radical (unpaired) electrons. The highest BCUT2D eigenvalue weighted by atomic mass is 32.4. The average molecular weight is 1950 g/mol. The molecule has 0 spiro atoms. The average Bonchev–Trinajstić information content (AvgIpc) is 1.57. The van der Waals surface area contributed by atoms with E-state index >= 15 is 38.4 Å². The number of nitrogens with zero attached hydrogens (tertiary/aromatic N) is 3. The van der Waals surface area contributed by atoms with Crippen molar-refractivity contribution in [3.05, 3.63) is 259 Å². The fourth-order valence-corrected chi connectivity index (χ4v) is 24.2. The van der Waals surface area contributed by atoms with Crippen LogP contribution >= 0.6 is 12.1 Å². The number of hydrogen-bond acceptors (Lipinski definition) is 21. The number of imidazole rings is 1. The summed E-state index contributed by atoms with van der Waals surface area (Å²) in [6.07, 6.45) is -1.77. The van der Waals surface area contributed by atoms with E-state index in [1.165, 1.54) is 103 Å². The lowest BCUT2D eigenvalue weighted by Crippen LogP contribution is -2.64. The number of carbonyl (C=O) groups is 16. The molecule has 2 aliphatic rings. The molecule has 8 aromatic carbocycles. The van der Waals surface area contributed by atoms with Crippen molar-refractivity contribution < 1.29 is 86.2 Å². The third-order valence-corrected chi connectivity index (χ3v) is 33.7. The smallest absolute Gasteiger partial charge is 0.417 e. The van der Waals surface area contributed by atoms with Crippen LogP contribution in [0.25, 0.3) is 22.3 Å². The highest BCUT2D eigenvalue weighted by Crippen LogP contribution is 2.49. The molecule has 138 heavy (non-hydrogen) atoms. The monoisotopic (exact) mass is 1950 g/mol. The summed E-state index contributed by atoms with van der Waals surface area (Å²) in [5.74, 6) is -14.9. The lowest BCUT2D eigenvalue weighted by atomic mass is 9.98. The number of nitrogens with one attached hydrogen (secondary N) is 12. The molecule has 0 unspecified atom stereocenters. The molecule has 38 heteroatoms. The second-order valence-corrected chi connectivity index (χ2v) is 44.7. The summed E-state index contributed by atoms with van der Waals surface area (Å²) in [4.78, 5) is 243. The number of aromatic nitrogens is 2. The summed E-state index contributed by atoms with van der Waals surface area (Å²) in [5.41, 5.74) is 8.36. The second-order valence-electron chi connectivity index (χ2n) is 35.2. The molecule has 11 rings (SSSR count). The topological polar surface area (TPSA) is 485 Å². The summed E-state index contributed by atoms with van der Waals surface area (Å²) in [6, 6.07) is 39.6. The molecule has 0 aliphatic heterocycles. The normalized spacial score (nSPS) is 14.6. The molecule has 0 fully saturated rings. The van der Waals surface area contributed by atoms with Gasteiger partial charge in [-0.2, -0.15) is 0 Å². The van der Waals surface area contributed by atoms with Gasteiger partial charge in [0.15, 0.2) is 0 Å².